The van der Waals surface area contributed by atoms with E-state index in [2.05, 4.69) is 45.7 Å². The first kappa shape index (κ1) is 17.1. The number of aromatic nitrogens is 3. The molecule has 0 bridgehead atoms. The quantitative estimate of drug-likeness (QED) is 0.548. The van der Waals surface area contributed by atoms with Crippen molar-refractivity contribution >= 4 is 16.7 Å². The van der Waals surface area contributed by atoms with E-state index >= 15 is 0 Å². The van der Waals surface area contributed by atoms with Crippen LogP contribution in [0.4, 0.5) is 5.82 Å². The highest BCUT2D eigenvalue weighted by molar-refractivity contribution is 5.84. The zero-order valence-corrected chi connectivity index (χ0v) is 15.2. The van der Waals surface area contributed by atoms with Crippen molar-refractivity contribution < 1.29 is 0 Å². The van der Waals surface area contributed by atoms with Gasteiger partial charge in [0.25, 0.3) is 5.56 Å². The number of rotatable bonds is 6. The molecule has 0 radical (unpaired) electrons. The predicted molar refractivity (Wildman–Crippen MR) is 109 cm³/mol. The number of aryl methyl sites for hydroxylation is 1. The molecule has 0 fully saturated rings. The Balaban J connectivity index is 1.71. The molecule has 5 heteroatoms. The van der Waals surface area contributed by atoms with E-state index in [9.17, 15) is 4.79 Å². The number of nitrogens with zero attached hydrogens (tertiary/aromatic N) is 2. The predicted octanol–water partition coefficient (Wildman–Crippen LogP) is 3.99. The van der Waals surface area contributed by atoms with Gasteiger partial charge in [-0.3, -0.25) is 4.79 Å². The summed E-state index contributed by atoms with van der Waals surface area (Å²) in [5.74, 6) is 0.485. The summed E-state index contributed by atoms with van der Waals surface area (Å²) in [4.78, 5) is 20.1. The van der Waals surface area contributed by atoms with Crippen LogP contribution >= 0.6 is 0 Å². The van der Waals surface area contributed by atoms with Gasteiger partial charge in [-0.25, -0.2) is 4.98 Å². The normalized spacial score (nSPS) is 12.2. The molecule has 0 unspecified atom stereocenters. The Morgan fingerprint density at radius 2 is 1.89 bits per heavy atom. The Hall–Kier alpha value is -3.34. The molecule has 27 heavy (non-hydrogen) atoms. The molecule has 2 heterocycles. The third-order valence-corrected chi connectivity index (χ3v) is 4.93. The number of fused-ring (bicyclic) bond motifs is 1. The number of anilines is 1. The van der Waals surface area contributed by atoms with Crippen molar-refractivity contribution in [3.8, 4) is 0 Å². The van der Waals surface area contributed by atoms with Crippen LogP contribution < -0.4 is 10.9 Å². The highest BCUT2D eigenvalue weighted by Gasteiger charge is 2.18. The van der Waals surface area contributed by atoms with Crippen LogP contribution in [-0.4, -0.2) is 21.1 Å². The average molecular weight is 358 g/mol. The van der Waals surface area contributed by atoms with Crippen molar-refractivity contribution in [1.29, 1.82) is 0 Å². The molecule has 1 atom stereocenters. The van der Waals surface area contributed by atoms with Crippen LogP contribution in [0.15, 0.2) is 78.0 Å². The summed E-state index contributed by atoms with van der Waals surface area (Å²) < 4.78 is 1.65. The van der Waals surface area contributed by atoms with Crippen LogP contribution in [0.2, 0.25) is 0 Å². The monoisotopic (exact) mass is 358 g/mol. The summed E-state index contributed by atoms with van der Waals surface area (Å²) in [7, 11) is 0. The van der Waals surface area contributed by atoms with Crippen LogP contribution in [0, 0.1) is 0 Å². The minimum Gasteiger partial charge on any atom is -0.365 e. The molecular formula is C22H22N4O. The van der Waals surface area contributed by atoms with E-state index < -0.39 is 0 Å². The second-order valence-corrected chi connectivity index (χ2v) is 6.50. The molecule has 0 saturated carbocycles. The molecule has 136 valence electrons. The molecule has 5 nitrogen and oxygen atoms in total. The molecule has 0 aliphatic rings. The summed E-state index contributed by atoms with van der Waals surface area (Å²) in [5, 5.41) is 4.48. The minimum absolute atomic E-state index is 0.0919. The standard InChI is InChI=1S/C22H22N4O/c1-2-26-13-12-23-21(22(26)27)25-14-18(16-8-4-3-5-9-16)19-15-24-20-11-7-6-10-17(19)20/h3-13,15,18,24H,2,14H2,1H3,(H,23,25)/t18-/m1/s1. The summed E-state index contributed by atoms with van der Waals surface area (Å²) in [6.07, 6.45) is 5.44. The lowest BCUT2D eigenvalue weighted by Gasteiger charge is -2.18. The maximum atomic E-state index is 12.5. The van der Waals surface area contributed by atoms with Gasteiger partial charge in [0.1, 0.15) is 0 Å². The number of para-hydroxylation sites is 1. The van der Waals surface area contributed by atoms with Gasteiger partial charge >= 0.3 is 0 Å². The second kappa shape index (κ2) is 7.50. The molecule has 2 aromatic carbocycles. The summed E-state index contributed by atoms with van der Waals surface area (Å²) in [6, 6.07) is 18.6. The molecular weight excluding hydrogens is 336 g/mol. The number of hydrogen-bond donors (Lipinski definition) is 2. The van der Waals surface area contributed by atoms with Crippen LogP contribution in [0.3, 0.4) is 0 Å². The van der Waals surface area contributed by atoms with E-state index in [1.54, 1.807) is 17.0 Å². The Kier molecular flexibility index (Phi) is 4.75. The Morgan fingerprint density at radius 3 is 2.70 bits per heavy atom. The molecule has 4 rings (SSSR count). The average Bonchev–Trinajstić information content (AvgIpc) is 3.14. The zero-order valence-electron chi connectivity index (χ0n) is 15.2. The van der Waals surface area contributed by atoms with Gasteiger partial charge in [0.2, 0.25) is 0 Å². The second-order valence-electron chi connectivity index (χ2n) is 6.50. The van der Waals surface area contributed by atoms with Crippen molar-refractivity contribution in [3.05, 3.63) is 94.7 Å². The first-order chi connectivity index (χ1) is 13.3. The molecule has 4 aromatic rings. The van der Waals surface area contributed by atoms with Crippen molar-refractivity contribution in [2.24, 2.45) is 0 Å². The SMILES string of the molecule is CCn1ccnc(NC[C@H](c2ccccc2)c2c[nH]c3ccccc23)c1=O. The number of benzene rings is 2. The number of aromatic amines is 1. The van der Waals surface area contributed by atoms with Gasteiger partial charge < -0.3 is 14.9 Å². The first-order valence-electron chi connectivity index (χ1n) is 9.18. The maximum absolute atomic E-state index is 12.5. The van der Waals surface area contributed by atoms with Crippen molar-refractivity contribution in [3.63, 3.8) is 0 Å². The van der Waals surface area contributed by atoms with Crippen LogP contribution in [0.1, 0.15) is 24.0 Å². The lowest BCUT2D eigenvalue weighted by atomic mass is 9.91. The van der Waals surface area contributed by atoms with Crippen molar-refractivity contribution in [2.45, 2.75) is 19.4 Å². The van der Waals surface area contributed by atoms with Crippen LogP contribution in [-0.2, 0) is 6.54 Å². The Morgan fingerprint density at radius 1 is 1.11 bits per heavy atom. The smallest absolute Gasteiger partial charge is 0.293 e. The van der Waals surface area contributed by atoms with Crippen LogP contribution in [0.25, 0.3) is 10.9 Å². The summed E-state index contributed by atoms with van der Waals surface area (Å²) in [5.41, 5.74) is 3.42. The van der Waals surface area contributed by atoms with E-state index in [1.165, 1.54) is 16.5 Å². The van der Waals surface area contributed by atoms with Gasteiger partial charge in [-0.05, 0) is 24.1 Å². The topological polar surface area (TPSA) is 62.7 Å². The summed E-state index contributed by atoms with van der Waals surface area (Å²) in [6.45, 7) is 3.16. The molecule has 2 aromatic heterocycles. The highest BCUT2D eigenvalue weighted by Crippen LogP contribution is 2.30. The van der Waals surface area contributed by atoms with Gasteiger partial charge in [0, 0.05) is 48.5 Å². The third-order valence-electron chi connectivity index (χ3n) is 4.93. The molecule has 0 amide bonds. The summed E-state index contributed by atoms with van der Waals surface area (Å²) >= 11 is 0. The van der Waals surface area contributed by atoms with Gasteiger partial charge in [0.15, 0.2) is 5.82 Å². The molecule has 0 saturated heterocycles. The number of hydrogen-bond acceptors (Lipinski definition) is 3. The number of H-pyrrole nitrogens is 1. The van der Waals surface area contributed by atoms with E-state index in [-0.39, 0.29) is 11.5 Å². The molecule has 0 aliphatic heterocycles. The molecule has 0 aliphatic carbocycles. The van der Waals surface area contributed by atoms with Crippen molar-refractivity contribution in [1.82, 2.24) is 14.5 Å². The fraction of sp³-hybridized carbons (Fsp3) is 0.182. The largest absolute Gasteiger partial charge is 0.365 e. The van der Waals surface area contributed by atoms with Gasteiger partial charge in [-0.15, -0.1) is 0 Å². The zero-order chi connectivity index (χ0) is 18.6. The lowest BCUT2D eigenvalue weighted by Crippen LogP contribution is -2.25. The van der Waals surface area contributed by atoms with E-state index in [0.717, 1.165) is 5.52 Å². The fourth-order valence-corrected chi connectivity index (χ4v) is 3.49. The van der Waals surface area contributed by atoms with Crippen molar-refractivity contribution in [2.75, 3.05) is 11.9 Å². The first-order valence-corrected chi connectivity index (χ1v) is 9.18. The van der Waals surface area contributed by atoms with E-state index in [4.69, 9.17) is 0 Å². The highest BCUT2D eigenvalue weighted by atomic mass is 16.1. The van der Waals surface area contributed by atoms with Gasteiger partial charge in [-0.2, -0.15) is 0 Å². The lowest BCUT2D eigenvalue weighted by molar-refractivity contribution is 0.716. The van der Waals surface area contributed by atoms with Gasteiger partial charge in [0.05, 0.1) is 0 Å². The maximum Gasteiger partial charge on any atom is 0.293 e. The Labute approximate surface area is 157 Å². The minimum atomic E-state index is -0.0919. The van der Waals surface area contributed by atoms with E-state index in [1.807, 2.05) is 37.3 Å². The van der Waals surface area contributed by atoms with Crippen LogP contribution in [0.5, 0.6) is 0 Å². The van der Waals surface area contributed by atoms with Gasteiger partial charge in [-0.1, -0.05) is 48.5 Å². The van der Waals surface area contributed by atoms with E-state index in [0.29, 0.717) is 18.9 Å². The number of nitrogens with one attached hydrogen (secondary N) is 2. The molecule has 0 spiro atoms. The fourth-order valence-electron chi connectivity index (χ4n) is 3.49. The molecule has 2 N–H and O–H groups in total. The third kappa shape index (κ3) is 3.36. The Bertz CT molecular complexity index is 1100.